The summed E-state index contributed by atoms with van der Waals surface area (Å²) in [7, 11) is 0. The number of hydrogen-bond donors (Lipinski definition) is 0. The first kappa shape index (κ1) is 12.0. The van der Waals surface area contributed by atoms with Gasteiger partial charge in [-0.3, -0.25) is 4.79 Å². The predicted molar refractivity (Wildman–Crippen MR) is 65.8 cm³/mol. The molecule has 1 amide bonds. The lowest BCUT2D eigenvalue weighted by Crippen LogP contribution is -2.27. The van der Waals surface area contributed by atoms with Crippen molar-refractivity contribution in [2.45, 2.75) is 25.7 Å². The maximum atomic E-state index is 11.7. The zero-order valence-corrected chi connectivity index (χ0v) is 10.0. The Labute approximate surface area is 102 Å². The molecule has 2 rings (SSSR count). The Kier molecular flexibility index (Phi) is 4.42. The van der Waals surface area contributed by atoms with Crippen molar-refractivity contribution in [3.63, 3.8) is 0 Å². The molecule has 1 aliphatic heterocycles. The van der Waals surface area contributed by atoms with Crippen LogP contribution in [0, 0.1) is 6.07 Å². The van der Waals surface area contributed by atoms with Crippen molar-refractivity contribution >= 4 is 5.91 Å². The van der Waals surface area contributed by atoms with Crippen molar-refractivity contribution in [2.24, 2.45) is 0 Å². The molecular formula is C14H18NO2. The minimum absolute atomic E-state index is 0.271. The van der Waals surface area contributed by atoms with Crippen LogP contribution >= 0.6 is 0 Å². The van der Waals surface area contributed by atoms with Gasteiger partial charge in [0.25, 0.3) is 0 Å². The van der Waals surface area contributed by atoms with Gasteiger partial charge < -0.3 is 9.64 Å². The highest BCUT2D eigenvalue weighted by Crippen LogP contribution is 2.11. The number of amides is 1. The van der Waals surface area contributed by atoms with Gasteiger partial charge in [-0.2, -0.15) is 0 Å². The standard InChI is InChI=1S/C14H18NO2/c16-14(15-10-4-5-11-15)9-6-12-17-13-7-2-1-3-8-13/h2-3,7-8H,4-6,9-12H2. The Balaban J connectivity index is 1.61. The SMILES string of the molecule is O=C(CCCOc1cc[c]cc1)N1CCCC1. The van der Waals surface area contributed by atoms with Gasteiger partial charge in [0, 0.05) is 19.5 Å². The Morgan fingerprint density at radius 2 is 2.00 bits per heavy atom. The lowest BCUT2D eigenvalue weighted by molar-refractivity contribution is -0.130. The first-order chi connectivity index (χ1) is 8.36. The molecule has 3 nitrogen and oxygen atoms in total. The van der Waals surface area contributed by atoms with E-state index in [0.717, 1.165) is 38.1 Å². The number of nitrogens with zero attached hydrogens (tertiary/aromatic N) is 1. The molecule has 0 aromatic heterocycles. The predicted octanol–water partition coefficient (Wildman–Crippen LogP) is 2.27. The van der Waals surface area contributed by atoms with E-state index in [-0.39, 0.29) is 5.91 Å². The molecule has 1 aliphatic rings. The number of rotatable bonds is 5. The van der Waals surface area contributed by atoms with Crippen molar-refractivity contribution in [3.05, 3.63) is 30.3 Å². The van der Waals surface area contributed by atoms with Crippen LogP contribution < -0.4 is 4.74 Å². The summed E-state index contributed by atoms with van der Waals surface area (Å²) in [5.41, 5.74) is 0. The van der Waals surface area contributed by atoms with E-state index >= 15 is 0 Å². The van der Waals surface area contributed by atoms with Crippen molar-refractivity contribution < 1.29 is 9.53 Å². The zero-order valence-electron chi connectivity index (χ0n) is 10.0. The van der Waals surface area contributed by atoms with E-state index in [2.05, 4.69) is 6.07 Å². The number of likely N-dealkylation sites (tertiary alicyclic amines) is 1. The van der Waals surface area contributed by atoms with E-state index in [4.69, 9.17) is 4.74 Å². The number of hydrogen-bond acceptors (Lipinski definition) is 2. The summed E-state index contributed by atoms with van der Waals surface area (Å²) in [6.07, 6.45) is 3.69. The molecule has 1 radical (unpaired) electrons. The molecule has 0 saturated carbocycles. The van der Waals surface area contributed by atoms with Crippen LogP contribution in [0.4, 0.5) is 0 Å². The van der Waals surface area contributed by atoms with Crippen LogP contribution in [0.1, 0.15) is 25.7 Å². The highest BCUT2D eigenvalue weighted by molar-refractivity contribution is 5.76. The maximum absolute atomic E-state index is 11.7. The molecule has 3 heteroatoms. The largest absolute Gasteiger partial charge is 0.494 e. The second-order valence-electron chi connectivity index (χ2n) is 4.28. The van der Waals surface area contributed by atoms with Crippen LogP contribution in [0.15, 0.2) is 24.3 Å². The van der Waals surface area contributed by atoms with Crippen LogP contribution in [0.5, 0.6) is 5.75 Å². The maximum Gasteiger partial charge on any atom is 0.222 e. The third-order valence-electron chi connectivity index (χ3n) is 2.95. The molecule has 0 spiro atoms. The first-order valence-corrected chi connectivity index (χ1v) is 6.23. The molecule has 17 heavy (non-hydrogen) atoms. The van der Waals surface area contributed by atoms with Crippen LogP contribution in [-0.4, -0.2) is 30.5 Å². The summed E-state index contributed by atoms with van der Waals surface area (Å²) < 4.78 is 5.53. The van der Waals surface area contributed by atoms with Gasteiger partial charge in [0.05, 0.1) is 6.61 Å². The van der Waals surface area contributed by atoms with Gasteiger partial charge in [-0.1, -0.05) is 12.1 Å². The zero-order chi connectivity index (χ0) is 11.9. The van der Waals surface area contributed by atoms with Gasteiger partial charge in [-0.25, -0.2) is 0 Å². The number of carbonyl (C=O) groups excluding carboxylic acids is 1. The van der Waals surface area contributed by atoms with Crippen LogP contribution in [0.3, 0.4) is 0 Å². The van der Waals surface area contributed by atoms with E-state index in [1.165, 1.54) is 0 Å². The lowest BCUT2D eigenvalue weighted by atomic mass is 10.3. The van der Waals surface area contributed by atoms with Crippen LogP contribution in [-0.2, 0) is 4.79 Å². The van der Waals surface area contributed by atoms with Gasteiger partial charge in [-0.15, -0.1) is 0 Å². The van der Waals surface area contributed by atoms with Crippen molar-refractivity contribution in [1.29, 1.82) is 0 Å². The normalized spacial score (nSPS) is 14.9. The molecule has 1 aromatic rings. The van der Waals surface area contributed by atoms with Crippen molar-refractivity contribution in [1.82, 2.24) is 4.90 Å². The fraction of sp³-hybridized carbons (Fsp3) is 0.500. The minimum Gasteiger partial charge on any atom is -0.494 e. The van der Waals surface area contributed by atoms with E-state index in [1.807, 2.05) is 29.2 Å². The summed E-state index contributed by atoms with van der Waals surface area (Å²) in [4.78, 5) is 13.7. The second-order valence-corrected chi connectivity index (χ2v) is 4.28. The van der Waals surface area contributed by atoms with Gasteiger partial charge >= 0.3 is 0 Å². The molecule has 1 aromatic carbocycles. The van der Waals surface area contributed by atoms with Gasteiger partial charge in [0.2, 0.25) is 5.91 Å². The molecule has 0 N–H and O–H groups in total. The topological polar surface area (TPSA) is 29.5 Å². The van der Waals surface area contributed by atoms with Crippen molar-refractivity contribution in [3.8, 4) is 5.75 Å². The van der Waals surface area contributed by atoms with Gasteiger partial charge in [0.15, 0.2) is 0 Å². The minimum atomic E-state index is 0.271. The molecule has 1 fully saturated rings. The lowest BCUT2D eigenvalue weighted by Gasteiger charge is -2.14. The Morgan fingerprint density at radius 3 is 2.71 bits per heavy atom. The number of benzene rings is 1. The second kappa shape index (κ2) is 6.28. The fourth-order valence-corrected chi connectivity index (χ4v) is 2.01. The summed E-state index contributed by atoms with van der Waals surface area (Å²) >= 11 is 0. The summed E-state index contributed by atoms with van der Waals surface area (Å²) in [5.74, 6) is 1.12. The molecule has 0 aliphatic carbocycles. The smallest absolute Gasteiger partial charge is 0.222 e. The Bertz CT molecular complexity index is 344. The molecule has 1 saturated heterocycles. The number of carbonyl (C=O) groups is 1. The van der Waals surface area contributed by atoms with E-state index in [1.54, 1.807) is 0 Å². The summed E-state index contributed by atoms with van der Waals surface area (Å²) in [6, 6.07) is 10.3. The third kappa shape index (κ3) is 3.77. The Morgan fingerprint density at radius 1 is 1.29 bits per heavy atom. The monoisotopic (exact) mass is 232 g/mol. The van der Waals surface area contributed by atoms with Crippen molar-refractivity contribution in [2.75, 3.05) is 19.7 Å². The summed E-state index contributed by atoms with van der Waals surface area (Å²) in [6.45, 7) is 2.48. The molecule has 1 heterocycles. The molecule has 0 atom stereocenters. The molecule has 0 bridgehead atoms. The first-order valence-electron chi connectivity index (χ1n) is 6.23. The third-order valence-corrected chi connectivity index (χ3v) is 2.95. The quantitative estimate of drug-likeness (QED) is 0.729. The van der Waals surface area contributed by atoms with E-state index < -0.39 is 0 Å². The molecule has 91 valence electrons. The van der Waals surface area contributed by atoms with Crippen LogP contribution in [0.2, 0.25) is 0 Å². The summed E-state index contributed by atoms with van der Waals surface area (Å²) in [5, 5.41) is 0. The van der Waals surface area contributed by atoms with Crippen LogP contribution in [0.25, 0.3) is 0 Å². The highest BCUT2D eigenvalue weighted by Gasteiger charge is 2.16. The van der Waals surface area contributed by atoms with E-state index in [0.29, 0.717) is 13.0 Å². The number of ether oxygens (including phenoxy) is 1. The highest BCUT2D eigenvalue weighted by atomic mass is 16.5. The Hall–Kier alpha value is -1.51. The van der Waals surface area contributed by atoms with Gasteiger partial charge in [-0.05, 0) is 37.5 Å². The van der Waals surface area contributed by atoms with E-state index in [9.17, 15) is 4.79 Å². The van der Waals surface area contributed by atoms with Gasteiger partial charge in [0.1, 0.15) is 5.75 Å². The fourth-order valence-electron chi connectivity index (χ4n) is 2.01. The molecule has 0 unspecified atom stereocenters. The average molecular weight is 232 g/mol. The molecular weight excluding hydrogens is 214 g/mol. The average Bonchev–Trinajstić information content (AvgIpc) is 2.89.